The van der Waals surface area contributed by atoms with E-state index in [1.165, 1.54) is 12.8 Å². The number of rotatable bonds is 2. The number of hydrogen-bond acceptors (Lipinski definition) is 4. The van der Waals surface area contributed by atoms with Crippen LogP contribution in [0.4, 0.5) is 5.82 Å². The number of nitrogens with zero attached hydrogens (tertiary/aromatic N) is 3. The van der Waals surface area contributed by atoms with Crippen molar-refractivity contribution in [2.75, 3.05) is 11.4 Å². The van der Waals surface area contributed by atoms with Crippen LogP contribution in [0.2, 0.25) is 0 Å². The van der Waals surface area contributed by atoms with E-state index < -0.39 is 0 Å². The largest absolute Gasteiger partial charge is 0.351 e. The molecule has 4 nitrogen and oxygen atoms in total. The summed E-state index contributed by atoms with van der Waals surface area (Å²) in [6.07, 6.45) is 5.35. The van der Waals surface area contributed by atoms with Gasteiger partial charge in [0.05, 0.1) is 0 Å². The first-order chi connectivity index (χ1) is 7.29. The van der Waals surface area contributed by atoms with Gasteiger partial charge in [-0.15, -0.1) is 5.10 Å². The van der Waals surface area contributed by atoms with Gasteiger partial charge in [-0.05, 0) is 38.3 Å². The Balaban J connectivity index is 2.18. The molecular weight excluding hydrogens is 188 g/mol. The van der Waals surface area contributed by atoms with Gasteiger partial charge in [0.15, 0.2) is 5.82 Å². The maximum absolute atomic E-state index is 6.01. The highest BCUT2D eigenvalue weighted by molar-refractivity contribution is 5.39. The molecule has 4 heteroatoms. The van der Waals surface area contributed by atoms with E-state index in [-0.39, 0.29) is 6.04 Å². The van der Waals surface area contributed by atoms with Gasteiger partial charge in [-0.2, -0.15) is 5.10 Å². The molecule has 15 heavy (non-hydrogen) atoms. The SMILES string of the molecule is CC(N)C1CCCCN1c1cccnn1. The summed E-state index contributed by atoms with van der Waals surface area (Å²) in [5, 5.41) is 8.08. The number of piperidine rings is 1. The van der Waals surface area contributed by atoms with Crippen molar-refractivity contribution in [1.29, 1.82) is 0 Å². The first kappa shape index (κ1) is 10.4. The normalized spacial score (nSPS) is 23.9. The molecule has 1 aliphatic heterocycles. The zero-order chi connectivity index (χ0) is 10.7. The molecule has 2 heterocycles. The molecule has 2 N–H and O–H groups in total. The van der Waals surface area contributed by atoms with Gasteiger partial charge in [-0.3, -0.25) is 0 Å². The third-order valence-electron chi connectivity index (χ3n) is 3.01. The predicted octanol–water partition coefficient (Wildman–Crippen LogP) is 1.18. The van der Waals surface area contributed by atoms with Crippen molar-refractivity contribution >= 4 is 5.82 Å². The van der Waals surface area contributed by atoms with E-state index in [4.69, 9.17) is 5.73 Å². The molecule has 2 unspecified atom stereocenters. The molecule has 1 aromatic rings. The molecule has 0 radical (unpaired) electrons. The Bertz CT molecular complexity index is 299. The Morgan fingerprint density at radius 2 is 2.40 bits per heavy atom. The van der Waals surface area contributed by atoms with Crippen molar-refractivity contribution in [1.82, 2.24) is 10.2 Å². The van der Waals surface area contributed by atoms with Crippen LogP contribution in [0.15, 0.2) is 18.3 Å². The van der Waals surface area contributed by atoms with E-state index in [2.05, 4.69) is 22.0 Å². The molecule has 2 rings (SSSR count). The average Bonchev–Trinajstić information content (AvgIpc) is 2.30. The highest BCUT2D eigenvalue weighted by Crippen LogP contribution is 2.23. The van der Waals surface area contributed by atoms with E-state index in [9.17, 15) is 0 Å². The van der Waals surface area contributed by atoms with Gasteiger partial charge < -0.3 is 10.6 Å². The van der Waals surface area contributed by atoms with Crippen molar-refractivity contribution in [3.63, 3.8) is 0 Å². The fourth-order valence-electron chi connectivity index (χ4n) is 2.24. The zero-order valence-electron chi connectivity index (χ0n) is 9.13. The van der Waals surface area contributed by atoms with Crippen molar-refractivity contribution in [3.05, 3.63) is 18.3 Å². The van der Waals surface area contributed by atoms with E-state index in [1.54, 1.807) is 6.20 Å². The van der Waals surface area contributed by atoms with E-state index in [0.29, 0.717) is 6.04 Å². The van der Waals surface area contributed by atoms with Crippen molar-refractivity contribution in [2.24, 2.45) is 5.73 Å². The maximum atomic E-state index is 6.01. The standard InChI is InChI=1S/C11H18N4/c1-9(12)10-5-2-3-8-15(10)11-6-4-7-13-14-11/h4,6-7,9-10H,2-3,5,8,12H2,1H3. The molecule has 2 atom stereocenters. The molecule has 0 bridgehead atoms. The number of anilines is 1. The molecule has 0 saturated carbocycles. The Morgan fingerprint density at radius 1 is 1.53 bits per heavy atom. The fourth-order valence-corrected chi connectivity index (χ4v) is 2.24. The van der Waals surface area contributed by atoms with Crippen LogP contribution in [0.25, 0.3) is 0 Å². The molecule has 1 aliphatic rings. The summed E-state index contributed by atoms with van der Waals surface area (Å²) in [7, 11) is 0. The summed E-state index contributed by atoms with van der Waals surface area (Å²) in [4.78, 5) is 2.29. The van der Waals surface area contributed by atoms with Gasteiger partial charge in [-0.1, -0.05) is 0 Å². The smallest absolute Gasteiger partial charge is 0.151 e. The third-order valence-corrected chi connectivity index (χ3v) is 3.01. The molecule has 1 saturated heterocycles. The molecular formula is C11H18N4. The van der Waals surface area contributed by atoms with Gasteiger partial charge >= 0.3 is 0 Å². The fraction of sp³-hybridized carbons (Fsp3) is 0.636. The minimum absolute atomic E-state index is 0.187. The quantitative estimate of drug-likeness (QED) is 0.789. The van der Waals surface area contributed by atoms with Crippen LogP contribution in [-0.2, 0) is 0 Å². The molecule has 0 spiro atoms. The highest BCUT2D eigenvalue weighted by Gasteiger charge is 2.26. The van der Waals surface area contributed by atoms with Gasteiger partial charge in [0.25, 0.3) is 0 Å². The van der Waals surface area contributed by atoms with Gasteiger partial charge in [0, 0.05) is 24.8 Å². The summed E-state index contributed by atoms with van der Waals surface area (Å²) < 4.78 is 0. The molecule has 82 valence electrons. The topological polar surface area (TPSA) is 55.0 Å². The zero-order valence-corrected chi connectivity index (χ0v) is 9.13. The van der Waals surface area contributed by atoms with Gasteiger partial charge in [0.2, 0.25) is 0 Å². The lowest BCUT2D eigenvalue weighted by Crippen LogP contribution is -2.49. The molecule has 1 fully saturated rings. The lowest BCUT2D eigenvalue weighted by atomic mass is 9.97. The van der Waals surface area contributed by atoms with Crippen LogP contribution in [-0.4, -0.2) is 28.8 Å². The summed E-state index contributed by atoms with van der Waals surface area (Å²) in [6, 6.07) is 4.53. The second kappa shape index (κ2) is 4.57. The van der Waals surface area contributed by atoms with E-state index >= 15 is 0 Å². The minimum Gasteiger partial charge on any atom is -0.351 e. The maximum Gasteiger partial charge on any atom is 0.151 e. The van der Waals surface area contributed by atoms with E-state index in [0.717, 1.165) is 18.8 Å². The summed E-state index contributed by atoms with van der Waals surface area (Å²) in [6.45, 7) is 3.12. The van der Waals surface area contributed by atoms with Crippen LogP contribution >= 0.6 is 0 Å². The predicted molar refractivity (Wildman–Crippen MR) is 60.7 cm³/mol. The second-order valence-corrected chi connectivity index (χ2v) is 4.20. The van der Waals surface area contributed by atoms with Crippen LogP contribution in [0.3, 0.4) is 0 Å². The second-order valence-electron chi connectivity index (χ2n) is 4.20. The van der Waals surface area contributed by atoms with E-state index in [1.807, 2.05) is 12.1 Å². The summed E-state index contributed by atoms with van der Waals surface area (Å²) in [5.74, 6) is 0.958. The third kappa shape index (κ3) is 2.26. The Kier molecular flexibility index (Phi) is 3.16. The van der Waals surface area contributed by atoms with Crippen molar-refractivity contribution < 1.29 is 0 Å². The van der Waals surface area contributed by atoms with Crippen LogP contribution in [0.1, 0.15) is 26.2 Å². The molecule has 0 aliphatic carbocycles. The number of nitrogens with two attached hydrogens (primary N) is 1. The average molecular weight is 206 g/mol. The van der Waals surface area contributed by atoms with Crippen LogP contribution < -0.4 is 10.6 Å². The van der Waals surface area contributed by atoms with Gasteiger partial charge in [-0.25, -0.2) is 0 Å². The van der Waals surface area contributed by atoms with Crippen LogP contribution in [0.5, 0.6) is 0 Å². The summed E-state index contributed by atoms with van der Waals surface area (Å²) in [5.41, 5.74) is 6.01. The van der Waals surface area contributed by atoms with Crippen molar-refractivity contribution in [2.45, 2.75) is 38.3 Å². The molecule has 0 amide bonds. The lowest BCUT2D eigenvalue weighted by molar-refractivity contribution is 0.410. The monoisotopic (exact) mass is 206 g/mol. The Labute approximate surface area is 90.5 Å². The first-order valence-corrected chi connectivity index (χ1v) is 5.59. The number of hydrogen-bond donors (Lipinski definition) is 1. The Hall–Kier alpha value is -1.16. The molecule has 0 aromatic carbocycles. The lowest BCUT2D eigenvalue weighted by Gasteiger charge is -2.38. The first-order valence-electron chi connectivity index (χ1n) is 5.59. The molecule has 1 aromatic heterocycles. The highest BCUT2D eigenvalue weighted by atomic mass is 15.3. The van der Waals surface area contributed by atoms with Gasteiger partial charge in [0.1, 0.15) is 0 Å². The van der Waals surface area contributed by atoms with Crippen molar-refractivity contribution in [3.8, 4) is 0 Å². The summed E-state index contributed by atoms with van der Waals surface area (Å²) >= 11 is 0. The van der Waals surface area contributed by atoms with Crippen LogP contribution in [0, 0.1) is 0 Å². The Morgan fingerprint density at radius 3 is 3.07 bits per heavy atom. The minimum atomic E-state index is 0.187. The number of aromatic nitrogens is 2.